The Morgan fingerprint density at radius 2 is 1.70 bits per heavy atom. The summed E-state index contributed by atoms with van der Waals surface area (Å²) in [6, 6.07) is 6.58. The Morgan fingerprint density at radius 1 is 1.17 bits per heavy atom. The quantitative estimate of drug-likeness (QED) is 0.509. The van der Waals surface area contributed by atoms with Crippen molar-refractivity contribution in [3.8, 4) is 0 Å². The van der Waals surface area contributed by atoms with E-state index >= 15 is 0 Å². The van der Waals surface area contributed by atoms with Gasteiger partial charge in [-0.2, -0.15) is 0 Å². The molecule has 0 fully saturated rings. The molecule has 0 aliphatic heterocycles. The average molecular weight is 371 g/mol. The fraction of sp³-hybridized carbons (Fsp3) is 0.467. The van der Waals surface area contributed by atoms with Gasteiger partial charge in [0.1, 0.15) is 6.04 Å². The molecule has 0 spiro atoms. The number of anilines is 1. The summed E-state index contributed by atoms with van der Waals surface area (Å²) in [5.41, 5.74) is 1.82. The van der Waals surface area contributed by atoms with Crippen molar-refractivity contribution >= 4 is 70.3 Å². The predicted octanol–water partition coefficient (Wildman–Crippen LogP) is 1.45. The Kier molecular flexibility index (Phi) is 11.7. The molecule has 0 bridgehead atoms. The maximum atomic E-state index is 11.1. The van der Waals surface area contributed by atoms with Gasteiger partial charge < -0.3 is 15.3 Å². The van der Waals surface area contributed by atoms with Crippen LogP contribution in [0.25, 0.3) is 0 Å². The SMILES string of the molecule is CC(=O)N[C@@H](Cc1ccc(N(CCCl)CCCl)cc1)C(=O)O.[NaH]. The van der Waals surface area contributed by atoms with Gasteiger partial charge in [-0.15, -0.1) is 23.2 Å². The van der Waals surface area contributed by atoms with E-state index in [4.69, 9.17) is 28.3 Å². The van der Waals surface area contributed by atoms with Crippen LogP contribution in [0.5, 0.6) is 0 Å². The number of carboxylic acids is 1. The first-order chi connectivity index (χ1) is 10.5. The molecule has 1 atom stereocenters. The number of alkyl halides is 2. The fourth-order valence-corrected chi connectivity index (χ4v) is 2.51. The number of carbonyl (C=O) groups is 2. The minimum absolute atomic E-state index is 0. The predicted molar refractivity (Wildman–Crippen MR) is 96.2 cm³/mol. The minimum atomic E-state index is -1.05. The molecule has 0 saturated heterocycles. The Bertz CT molecular complexity index is 494. The van der Waals surface area contributed by atoms with Crippen molar-refractivity contribution in [2.24, 2.45) is 0 Å². The van der Waals surface area contributed by atoms with E-state index in [0.29, 0.717) is 24.8 Å². The molecule has 1 aromatic carbocycles. The van der Waals surface area contributed by atoms with E-state index in [2.05, 4.69) is 10.2 Å². The topological polar surface area (TPSA) is 69.6 Å². The summed E-state index contributed by atoms with van der Waals surface area (Å²) >= 11 is 11.6. The first-order valence-corrected chi connectivity index (χ1v) is 8.00. The molecule has 0 heterocycles. The second kappa shape index (κ2) is 12.0. The van der Waals surface area contributed by atoms with Gasteiger partial charge >= 0.3 is 35.5 Å². The van der Waals surface area contributed by atoms with Crippen molar-refractivity contribution in [1.82, 2.24) is 5.32 Å². The molecule has 1 aromatic rings. The molecule has 2 N–H and O–H groups in total. The second-order valence-corrected chi connectivity index (χ2v) is 5.58. The van der Waals surface area contributed by atoms with Crippen LogP contribution in [0.4, 0.5) is 5.69 Å². The molecule has 0 radical (unpaired) electrons. The van der Waals surface area contributed by atoms with Crippen LogP contribution in [0.1, 0.15) is 12.5 Å². The molecule has 1 amide bonds. The molecule has 1 rings (SSSR count). The van der Waals surface area contributed by atoms with Crippen molar-refractivity contribution < 1.29 is 14.7 Å². The Hall–Kier alpha value is -0.460. The van der Waals surface area contributed by atoms with Crippen molar-refractivity contribution in [2.75, 3.05) is 29.7 Å². The van der Waals surface area contributed by atoms with Gasteiger partial charge in [-0.25, -0.2) is 4.79 Å². The molecule has 8 heteroatoms. The summed E-state index contributed by atoms with van der Waals surface area (Å²) in [5, 5.41) is 11.5. The monoisotopic (exact) mass is 370 g/mol. The Morgan fingerprint density at radius 3 is 2.09 bits per heavy atom. The Balaban J connectivity index is 0.00000484. The number of halogens is 2. The van der Waals surface area contributed by atoms with E-state index in [1.54, 1.807) is 0 Å². The summed E-state index contributed by atoms with van der Waals surface area (Å²) in [7, 11) is 0. The molecular weight excluding hydrogens is 350 g/mol. The maximum absolute atomic E-state index is 11.1. The number of nitrogens with zero attached hydrogens (tertiary/aromatic N) is 1. The van der Waals surface area contributed by atoms with Gasteiger partial charge in [-0.1, -0.05) is 12.1 Å². The molecule has 0 aromatic heterocycles. The third-order valence-corrected chi connectivity index (χ3v) is 3.46. The summed E-state index contributed by atoms with van der Waals surface area (Å²) < 4.78 is 0. The number of nitrogens with one attached hydrogen (secondary N) is 1. The zero-order valence-corrected chi connectivity index (χ0v) is 13.9. The number of aliphatic carboxylic acids is 1. The summed E-state index contributed by atoms with van der Waals surface area (Å²) in [4.78, 5) is 24.2. The van der Waals surface area contributed by atoms with E-state index in [-0.39, 0.29) is 41.9 Å². The zero-order chi connectivity index (χ0) is 16.5. The second-order valence-electron chi connectivity index (χ2n) is 4.83. The molecule has 124 valence electrons. The number of carboxylic acid groups (broad SMARTS) is 1. The third kappa shape index (κ3) is 8.27. The third-order valence-electron chi connectivity index (χ3n) is 3.13. The Labute approximate surface area is 168 Å². The van der Waals surface area contributed by atoms with Crippen molar-refractivity contribution in [2.45, 2.75) is 19.4 Å². The first-order valence-electron chi connectivity index (χ1n) is 6.93. The van der Waals surface area contributed by atoms with Crippen LogP contribution in [0, 0.1) is 0 Å². The standard InChI is InChI=1S/C15H20Cl2N2O3.Na.H/c1-11(20)18-14(15(21)22)10-12-2-4-13(5-3-12)19(8-6-16)9-7-17;;/h2-5,14H,6-10H2,1H3,(H,18,20)(H,21,22);;/t14-;;/m0../s1. The van der Waals surface area contributed by atoms with Crippen LogP contribution in [0.3, 0.4) is 0 Å². The number of carbonyl (C=O) groups excluding carboxylic acids is 1. The van der Waals surface area contributed by atoms with Crippen LogP contribution in [0.15, 0.2) is 24.3 Å². The van der Waals surface area contributed by atoms with Crippen LogP contribution >= 0.6 is 23.2 Å². The van der Waals surface area contributed by atoms with Gasteiger partial charge in [-0.05, 0) is 17.7 Å². The number of benzene rings is 1. The van der Waals surface area contributed by atoms with Gasteiger partial charge in [0.2, 0.25) is 5.91 Å². The average Bonchev–Trinajstić information content (AvgIpc) is 2.46. The zero-order valence-electron chi connectivity index (χ0n) is 12.4. The van der Waals surface area contributed by atoms with Crippen molar-refractivity contribution in [3.05, 3.63) is 29.8 Å². The molecule has 0 unspecified atom stereocenters. The van der Waals surface area contributed by atoms with Crippen LogP contribution in [-0.4, -0.2) is 77.4 Å². The molecular formula is C15H21Cl2N2NaO3. The normalized spacial score (nSPS) is 11.3. The summed E-state index contributed by atoms with van der Waals surface area (Å²) in [6.45, 7) is 2.68. The van der Waals surface area contributed by atoms with E-state index in [1.807, 2.05) is 24.3 Å². The molecule has 0 aliphatic rings. The van der Waals surface area contributed by atoms with E-state index in [1.165, 1.54) is 6.92 Å². The number of hydrogen-bond donors (Lipinski definition) is 2. The van der Waals surface area contributed by atoms with Crippen molar-refractivity contribution in [1.29, 1.82) is 0 Å². The molecule has 0 aliphatic carbocycles. The van der Waals surface area contributed by atoms with E-state index < -0.39 is 12.0 Å². The molecule has 5 nitrogen and oxygen atoms in total. The number of amides is 1. The van der Waals surface area contributed by atoms with Gasteiger partial charge in [0, 0.05) is 43.9 Å². The fourth-order valence-electron chi connectivity index (χ4n) is 2.10. The van der Waals surface area contributed by atoms with Gasteiger partial charge in [0.05, 0.1) is 0 Å². The van der Waals surface area contributed by atoms with Gasteiger partial charge in [0.15, 0.2) is 0 Å². The van der Waals surface area contributed by atoms with E-state index in [9.17, 15) is 9.59 Å². The van der Waals surface area contributed by atoms with Crippen LogP contribution < -0.4 is 10.2 Å². The van der Waals surface area contributed by atoms with Gasteiger partial charge in [-0.3, -0.25) is 4.79 Å². The number of rotatable bonds is 9. The summed E-state index contributed by atoms with van der Waals surface area (Å²) in [6.07, 6.45) is 0.236. The summed E-state index contributed by atoms with van der Waals surface area (Å²) in [5.74, 6) is -0.408. The molecule has 0 saturated carbocycles. The van der Waals surface area contributed by atoms with E-state index in [0.717, 1.165) is 11.3 Å². The van der Waals surface area contributed by atoms with Crippen LogP contribution in [0.2, 0.25) is 0 Å². The van der Waals surface area contributed by atoms with Crippen LogP contribution in [-0.2, 0) is 16.0 Å². The number of hydrogen-bond acceptors (Lipinski definition) is 3. The molecule has 23 heavy (non-hydrogen) atoms. The first kappa shape index (κ1) is 22.5. The van der Waals surface area contributed by atoms with Gasteiger partial charge in [0.25, 0.3) is 0 Å². The van der Waals surface area contributed by atoms with Crippen molar-refractivity contribution in [3.63, 3.8) is 0 Å².